The van der Waals surface area contributed by atoms with Gasteiger partial charge in [0.25, 0.3) is 5.91 Å². The summed E-state index contributed by atoms with van der Waals surface area (Å²) in [7, 11) is 0. The van der Waals surface area contributed by atoms with E-state index < -0.39 is 6.10 Å². The first-order chi connectivity index (χ1) is 9.97. The third kappa shape index (κ3) is 4.06. The van der Waals surface area contributed by atoms with Crippen molar-refractivity contribution in [2.45, 2.75) is 20.0 Å². The van der Waals surface area contributed by atoms with Crippen LogP contribution >= 0.6 is 11.6 Å². The summed E-state index contributed by atoms with van der Waals surface area (Å²) < 4.78 is 0. The fourth-order valence-corrected chi connectivity index (χ4v) is 2.28. The molecule has 21 heavy (non-hydrogen) atoms. The van der Waals surface area contributed by atoms with Gasteiger partial charge in [0.15, 0.2) is 0 Å². The molecule has 110 valence electrons. The van der Waals surface area contributed by atoms with Crippen LogP contribution in [0.4, 0.5) is 0 Å². The van der Waals surface area contributed by atoms with Crippen molar-refractivity contribution in [1.82, 2.24) is 5.32 Å². The van der Waals surface area contributed by atoms with Crippen molar-refractivity contribution in [3.05, 3.63) is 69.7 Å². The molecule has 0 radical (unpaired) electrons. The van der Waals surface area contributed by atoms with E-state index in [0.29, 0.717) is 10.6 Å². The lowest BCUT2D eigenvalue weighted by atomic mass is 10.0. The molecule has 2 aromatic rings. The molecule has 0 spiro atoms. The average molecular weight is 304 g/mol. The number of aliphatic hydroxyl groups is 1. The Kier molecular flexibility index (Phi) is 4.99. The topological polar surface area (TPSA) is 49.3 Å². The third-order valence-electron chi connectivity index (χ3n) is 3.34. The van der Waals surface area contributed by atoms with Gasteiger partial charge in [0.2, 0.25) is 0 Å². The molecule has 1 unspecified atom stereocenters. The molecule has 0 bridgehead atoms. The second kappa shape index (κ2) is 6.74. The third-order valence-corrected chi connectivity index (χ3v) is 3.59. The second-order valence-electron chi connectivity index (χ2n) is 5.10. The summed E-state index contributed by atoms with van der Waals surface area (Å²) in [4.78, 5) is 12.1. The Labute approximate surface area is 129 Å². The highest BCUT2D eigenvalue weighted by atomic mass is 35.5. The number of aliphatic hydroxyl groups excluding tert-OH is 1. The Hall–Kier alpha value is -1.84. The van der Waals surface area contributed by atoms with Crippen molar-refractivity contribution >= 4 is 17.5 Å². The van der Waals surface area contributed by atoms with E-state index in [1.165, 1.54) is 0 Å². The zero-order chi connectivity index (χ0) is 15.4. The number of hydrogen-bond acceptors (Lipinski definition) is 2. The predicted octanol–water partition coefficient (Wildman–Crippen LogP) is 3.42. The van der Waals surface area contributed by atoms with Crippen LogP contribution < -0.4 is 5.32 Å². The quantitative estimate of drug-likeness (QED) is 0.909. The SMILES string of the molecule is Cc1ccc(C(=O)NCC(O)c2ccc(Cl)cc2)c(C)c1. The number of hydrogen-bond donors (Lipinski definition) is 2. The van der Waals surface area contributed by atoms with Gasteiger partial charge in [0, 0.05) is 17.1 Å². The molecule has 0 aromatic heterocycles. The molecule has 0 fully saturated rings. The fourth-order valence-electron chi connectivity index (χ4n) is 2.16. The predicted molar refractivity (Wildman–Crippen MR) is 84.7 cm³/mol. The van der Waals surface area contributed by atoms with Crippen LogP contribution in [-0.4, -0.2) is 17.6 Å². The van der Waals surface area contributed by atoms with E-state index in [4.69, 9.17) is 11.6 Å². The Morgan fingerprint density at radius 2 is 1.86 bits per heavy atom. The molecule has 1 amide bonds. The molecule has 2 rings (SSSR count). The Balaban J connectivity index is 1.99. The van der Waals surface area contributed by atoms with Crippen LogP contribution in [0.3, 0.4) is 0 Å². The largest absolute Gasteiger partial charge is 0.387 e. The molecule has 0 aliphatic heterocycles. The van der Waals surface area contributed by atoms with E-state index in [9.17, 15) is 9.90 Å². The minimum atomic E-state index is -0.753. The van der Waals surface area contributed by atoms with E-state index in [0.717, 1.165) is 16.7 Å². The summed E-state index contributed by atoms with van der Waals surface area (Å²) in [6, 6.07) is 12.6. The van der Waals surface area contributed by atoms with Crippen LogP contribution in [0, 0.1) is 13.8 Å². The molecule has 0 heterocycles. The van der Waals surface area contributed by atoms with Crippen LogP contribution in [0.2, 0.25) is 5.02 Å². The number of halogens is 1. The highest BCUT2D eigenvalue weighted by molar-refractivity contribution is 6.30. The smallest absolute Gasteiger partial charge is 0.251 e. The minimum Gasteiger partial charge on any atom is -0.387 e. The lowest BCUT2D eigenvalue weighted by Gasteiger charge is -2.13. The standard InChI is InChI=1S/C17H18ClNO2/c1-11-3-8-15(12(2)9-11)17(21)19-10-16(20)13-4-6-14(18)7-5-13/h3-9,16,20H,10H2,1-2H3,(H,19,21). The summed E-state index contributed by atoms with van der Waals surface area (Å²) in [5.74, 6) is -0.180. The maximum Gasteiger partial charge on any atom is 0.251 e. The van der Waals surface area contributed by atoms with Gasteiger partial charge in [-0.2, -0.15) is 0 Å². The summed E-state index contributed by atoms with van der Waals surface area (Å²) >= 11 is 5.80. The van der Waals surface area contributed by atoms with Crippen molar-refractivity contribution in [2.75, 3.05) is 6.54 Å². The number of aryl methyl sites for hydroxylation is 2. The highest BCUT2D eigenvalue weighted by Gasteiger charge is 2.12. The fraction of sp³-hybridized carbons (Fsp3) is 0.235. The van der Waals surface area contributed by atoms with Crippen molar-refractivity contribution in [2.24, 2.45) is 0 Å². The maximum atomic E-state index is 12.1. The van der Waals surface area contributed by atoms with Gasteiger partial charge in [-0.1, -0.05) is 41.4 Å². The average Bonchev–Trinajstić information content (AvgIpc) is 2.45. The van der Waals surface area contributed by atoms with Crippen LogP contribution in [0.5, 0.6) is 0 Å². The molecule has 4 heteroatoms. The number of amides is 1. The van der Waals surface area contributed by atoms with Gasteiger partial charge in [0.1, 0.15) is 0 Å². The zero-order valence-corrected chi connectivity index (χ0v) is 12.8. The molecule has 2 N–H and O–H groups in total. The van der Waals surface area contributed by atoms with Gasteiger partial charge in [-0.3, -0.25) is 4.79 Å². The normalized spacial score (nSPS) is 12.0. The van der Waals surface area contributed by atoms with Gasteiger partial charge in [-0.25, -0.2) is 0 Å². The number of rotatable bonds is 4. The molecule has 3 nitrogen and oxygen atoms in total. The van der Waals surface area contributed by atoms with E-state index >= 15 is 0 Å². The number of benzene rings is 2. The molecule has 0 aliphatic carbocycles. The molecule has 0 saturated carbocycles. The Bertz CT molecular complexity index is 638. The lowest BCUT2D eigenvalue weighted by molar-refractivity contribution is 0.0915. The van der Waals surface area contributed by atoms with E-state index in [1.54, 1.807) is 30.3 Å². The maximum absolute atomic E-state index is 12.1. The van der Waals surface area contributed by atoms with Crippen molar-refractivity contribution in [3.63, 3.8) is 0 Å². The van der Waals surface area contributed by atoms with Crippen LogP contribution in [-0.2, 0) is 0 Å². The van der Waals surface area contributed by atoms with Crippen molar-refractivity contribution in [3.8, 4) is 0 Å². The van der Waals surface area contributed by atoms with Crippen LogP contribution in [0.15, 0.2) is 42.5 Å². The lowest BCUT2D eigenvalue weighted by Crippen LogP contribution is -2.28. The van der Waals surface area contributed by atoms with Crippen molar-refractivity contribution in [1.29, 1.82) is 0 Å². The highest BCUT2D eigenvalue weighted by Crippen LogP contribution is 2.16. The van der Waals surface area contributed by atoms with Crippen LogP contribution in [0.1, 0.15) is 33.2 Å². The van der Waals surface area contributed by atoms with Gasteiger partial charge in [-0.05, 0) is 43.2 Å². The number of carbonyl (C=O) groups is 1. The van der Waals surface area contributed by atoms with Gasteiger partial charge in [0.05, 0.1) is 6.10 Å². The Morgan fingerprint density at radius 3 is 2.48 bits per heavy atom. The number of nitrogens with one attached hydrogen (secondary N) is 1. The first kappa shape index (κ1) is 15.5. The summed E-state index contributed by atoms with van der Waals surface area (Å²) in [5.41, 5.74) is 3.39. The monoisotopic (exact) mass is 303 g/mol. The van der Waals surface area contributed by atoms with E-state index in [1.807, 2.05) is 26.0 Å². The van der Waals surface area contributed by atoms with Gasteiger partial charge >= 0.3 is 0 Å². The van der Waals surface area contributed by atoms with Crippen LogP contribution in [0.25, 0.3) is 0 Å². The minimum absolute atomic E-state index is 0.160. The first-order valence-corrected chi connectivity index (χ1v) is 7.14. The molecular formula is C17H18ClNO2. The zero-order valence-electron chi connectivity index (χ0n) is 12.1. The second-order valence-corrected chi connectivity index (χ2v) is 5.53. The summed E-state index contributed by atoms with van der Waals surface area (Å²) in [6.07, 6.45) is -0.753. The molecule has 2 aromatic carbocycles. The molecule has 0 saturated heterocycles. The Morgan fingerprint density at radius 1 is 1.19 bits per heavy atom. The molecular weight excluding hydrogens is 286 g/mol. The summed E-state index contributed by atoms with van der Waals surface area (Å²) in [6.45, 7) is 4.05. The van der Waals surface area contributed by atoms with E-state index in [2.05, 4.69) is 5.32 Å². The first-order valence-electron chi connectivity index (χ1n) is 6.76. The van der Waals surface area contributed by atoms with Crippen molar-refractivity contribution < 1.29 is 9.90 Å². The van der Waals surface area contributed by atoms with E-state index in [-0.39, 0.29) is 12.5 Å². The molecule has 0 aliphatic rings. The van der Waals surface area contributed by atoms with Gasteiger partial charge < -0.3 is 10.4 Å². The molecule has 1 atom stereocenters. The number of carbonyl (C=O) groups excluding carboxylic acids is 1. The summed E-state index contributed by atoms with van der Waals surface area (Å²) in [5, 5.41) is 13.4. The van der Waals surface area contributed by atoms with Gasteiger partial charge in [-0.15, -0.1) is 0 Å².